The van der Waals surface area contributed by atoms with Gasteiger partial charge >= 0.3 is 5.97 Å². The topological polar surface area (TPSA) is 58.6 Å². The van der Waals surface area contributed by atoms with Gasteiger partial charge in [-0.3, -0.25) is 9.59 Å². The first-order valence-corrected chi connectivity index (χ1v) is 10.0. The molecule has 3 unspecified atom stereocenters. The van der Waals surface area contributed by atoms with Crippen molar-refractivity contribution < 1.29 is 14.3 Å². The van der Waals surface area contributed by atoms with Crippen molar-refractivity contribution in [3.05, 3.63) is 0 Å². The van der Waals surface area contributed by atoms with Crippen LogP contribution in [-0.4, -0.2) is 49.1 Å². The minimum atomic E-state index is -0.363. The van der Waals surface area contributed by atoms with Gasteiger partial charge in [0.2, 0.25) is 5.91 Å². The summed E-state index contributed by atoms with van der Waals surface area (Å²) in [7, 11) is 2.16. The van der Waals surface area contributed by atoms with Gasteiger partial charge in [0.15, 0.2) is 0 Å². The summed E-state index contributed by atoms with van der Waals surface area (Å²) in [5.41, 5.74) is -0.654. The first-order valence-electron chi connectivity index (χ1n) is 10.0. The summed E-state index contributed by atoms with van der Waals surface area (Å²) >= 11 is 0. The van der Waals surface area contributed by atoms with Gasteiger partial charge in [-0.25, -0.2) is 0 Å². The van der Waals surface area contributed by atoms with Crippen LogP contribution in [0.15, 0.2) is 0 Å². The molecule has 5 aliphatic rings. The molecule has 1 saturated heterocycles. The van der Waals surface area contributed by atoms with Gasteiger partial charge in [-0.15, -0.1) is 0 Å². The number of nitrogens with one attached hydrogen (secondary N) is 1. The highest BCUT2D eigenvalue weighted by Gasteiger charge is 2.62. The Labute approximate surface area is 150 Å². The minimum absolute atomic E-state index is 0.192. The first-order chi connectivity index (χ1) is 11.9. The Hall–Kier alpha value is -1.10. The zero-order valence-corrected chi connectivity index (χ0v) is 15.7. The Morgan fingerprint density at radius 3 is 2.56 bits per heavy atom. The monoisotopic (exact) mass is 348 g/mol. The molecule has 4 bridgehead atoms. The Morgan fingerprint density at radius 1 is 1.20 bits per heavy atom. The molecule has 4 aliphatic carbocycles. The van der Waals surface area contributed by atoms with Crippen LogP contribution in [0.4, 0.5) is 0 Å². The van der Waals surface area contributed by atoms with Crippen LogP contribution in [0.1, 0.15) is 58.3 Å². The number of piperidine rings is 1. The van der Waals surface area contributed by atoms with E-state index in [9.17, 15) is 9.59 Å². The highest BCUT2D eigenvalue weighted by molar-refractivity contribution is 5.83. The molecule has 25 heavy (non-hydrogen) atoms. The predicted molar refractivity (Wildman–Crippen MR) is 94.8 cm³/mol. The number of hydrogen-bond donors (Lipinski definition) is 1. The van der Waals surface area contributed by atoms with Gasteiger partial charge in [0.25, 0.3) is 0 Å². The summed E-state index contributed by atoms with van der Waals surface area (Å²) in [5.74, 6) is 1.70. The van der Waals surface area contributed by atoms with Crippen molar-refractivity contribution in [2.24, 2.45) is 23.2 Å². The van der Waals surface area contributed by atoms with E-state index in [1.807, 2.05) is 0 Å². The smallest absolute Gasteiger partial charge is 0.303 e. The molecule has 3 atom stereocenters. The number of amides is 1. The number of rotatable bonds is 4. The second-order valence-electron chi connectivity index (χ2n) is 9.50. The van der Waals surface area contributed by atoms with Crippen LogP contribution < -0.4 is 5.32 Å². The lowest BCUT2D eigenvalue weighted by Crippen LogP contribution is -2.61. The molecule has 4 saturated carbocycles. The normalized spacial score (nSPS) is 43.0. The summed E-state index contributed by atoms with van der Waals surface area (Å²) in [5, 5.41) is 3.29. The van der Waals surface area contributed by atoms with Crippen LogP contribution in [0.3, 0.4) is 0 Å². The van der Waals surface area contributed by atoms with Crippen molar-refractivity contribution in [2.45, 2.75) is 63.9 Å². The van der Waals surface area contributed by atoms with E-state index in [0.29, 0.717) is 17.8 Å². The second-order valence-corrected chi connectivity index (χ2v) is 9.50. The van der Waals surface area contributed by atoms with Gasteiger partial charge in [0.05, 0.1) is 5.41 Å². The number of ether oxygens (including phenoxy) is 1. The van der Waals surface area contributed by atoms with E-state index in [4.69, 9.17) is 4.74 Å². The van der Waals surface area contributed by atoms with Crippen molar-refractivity contribution in [3.63, 3.8) is 0 Å². The molecule has 1 aliphatic heterocycles. The van der Waals surface area contributed by atoms with Crippen LogP contribution in [-0.2, 0) is 14.3 Å². The zero-order valence-electron chi connectivity index (χ0n) is 15.7. The summed E-state index contributed by atoms with van der Waals surface area (Å²) in [6, 6.07) is 0. The zero-order chi connectivity index (χ0) is 17.7. The van der Waals surface area contributed by atoms with Gasteiger partial charge in [0, 0.05) is 26.4 Å². The molecule has 0 spiro atoms. The van der Waals surface area contributed by atoms with E-state index in [1.165, 1.54) is 32.7 Å². The largest absolute Gasteiger partial charge is 0.459 e. The molecule has 5 rings (SSSR count). The molecule has 1 heterocycles. The third kappa shape index (κ3) is 3.32. The minimum Gasteiger partial charge on any atom is -0.459 e. The number of esters is 1. The number of hydrogen-bond acceptors (Lipinski definition) is 4. The van der Waals surface area contributed by atoms with Gasteiger partial charge < -0.3 is 15.0 Å². The Balaban J connectivity index is 1.43. The Morgan fingerprint density at radius 2 is 1.92 bits per heavy atom. The molecule has 140 valence electrons. The molecular formula is C20H32N2O3. The van der Waals surface area contributed by atoms with Crippen molar-refractivity contribution in [3.8, 4) is 0 Å². The van der Waals surface area contributed by atoms with Crippen LogP contribution in [0, 0.1) is 23.2 Å². The van der Waals surface area contributed by atoms with Crippen molar-refractivity contribution in [1.82, 2.24) is 10.2 Å². The molecule has 0 radical (unpaired) electrons. The number of carbonyl (C=O) groups is 2. The lowest BCUT2D eigenvalue weighted by Gasteiger charge is -2.60. The number of nitrogens with zero attached hydrogens (tertiary/aromatic N) is 1. The molecule has 5 heteroatoms. The standard InChI is InChI=1S/C20H32N2O3/c1-14(23)25-20-9-16-6-17(10-20)8-19(7-16,13-20)18(24)21-11-15-4-3-5-22(2)12-15/h15-17H,3-13H2,1-2H3,(H,21,24). The fourth-order valence-corrected chi connectivity index (χ4v) is 6.73. The fraction of sp³-hybridized carbons (Fsp3) is 0.900. The molecule has 0 aromatic rings. The molecule has 0 aromatic carbocycles. The summed E-state index contributed by atoms with van der Waals surface area (Å²) in [6.07, 6.45) is 8.29. The second kappa shape index (κ2) is 6.26. The van der Waals surface area contributed by atoms with E-state index in [-0.39, 0.29) is 22.9 Å². The van der Waals surface area contributed by atoms with Crippen LogP contribution in [0.2, 0.25) is 0 Å². The highest BCUT2D eigenvalue weighted by Crippen LogP contribution is 2.62. The van der Waals surface area contributed by atoms with Gasteiger partial charge in [-0.1, -0.05) is 0 Å². The van der Waals surface area contributed by atoms with E-state index in [0.717, 1.165) is 45.2 Å². The third-order valence-electron chi connectivity index (χ3n) is 7.12. The van der Waals surface area contributed by atoms with E-state index >= 15 is 0 Å². The van der Waals surface area contributed by atoms with Gasteiger partial charge in [0.1, 0.15) is 5.60 Å². The molecular weight excluding hydrogens is 316 g/mol. The molecule has 5 fully saturated rings. The molecule has 5 nitrogen and oxygen atoms in total. The number of likely N-dealkylation sites (tertiary alicyclic amines) is 1. The molecule has 1 N–H and O–H groups in total. The van der Waals surface area contributed by atoms with E-state index < -0.39 is 0 Å². The predicted octanol–water partition coefficient (Wildman–Crippen LogP) is 2.35. The molecule has 1 amide bonds. The quantitative estimate of drug-likeness (QED) is 0.793. The van der Waals surface area contributed by atoms with Crippen molar-refractivity contribution in [2.75, 3.05) is 26.7 Å². The average molecular weight is 348 g/mol. The third-order valence-corrected chi connectivity index (χ3v) is 7.12. The maximum Gasteiger partial charge on any atom is 0.303 e. The Kier molecular flexibility index (Phi) is 4.33. The lowest BCUT2D eigenvalue weighted by molar-refractivity contribution is -0.202. The Bertz CT molecular complexity index is 547. The maximum absolute atomic E-state index is 13.2. The van der Waals surface area contributed by atoms with Crippen molar-refractivity contribution >= 4 is 11.9 Å². The summed E-state index contributed by atoms with van der Waals surface area (Å²) < 4.78 is 5.81. The SMILES string of the molecule is CC(=O)OC12CC3CC(C1)CC(C(=O)NCC1CCCN(C)C1)(C3)C2. The van der Waals surface area contributed by atoms with Crippen molar-refractivity contribution in [1.29, 1.82) is 0 Å². The van der Waals surface area contributed by atoms with Crippen LogP contribution in [0.25, 0.3) is 0 Å². The lowest BCUT2D eigenvalue weighted by atomic mass is 9.47. The van der Waals surface area contributed by atoms with Crippen LogP contribution in [0.5, 0.6) is 0 Å². The summed E-state index contributed by atoms with van der Waals surface area (Å²) in [4.78, 5) is 27.2. The fourth-order valence-electron chi connectivity index (χ4n) is 6.73. The first kappa shape index (κ1) is 17.3. The van der Waals surface area contributed by atoms with Gasteiger partial charge in [-0.2, -0.15) is 0 Å². The van der Waals surface area contributed by atoms with E-state index in [2.05, 4.69) is 17.3 Å². The highest BCUT2D eigenvalue weighted by atomic mass is 16.6. The molecule has 0 aromatic heterocycles. The maximum atomic E-state index is 13.2. The summed E-state index contributed by atoms with van der Waals surface area (Å²) in [6.45, 7) is 4.55. The van der Waals surface area contributed by atoms with Crippen LogP contribution >= 0.6 is 0 Å². The number of carbonyl (C=O) groups excluding carboxylic acids is 2. The average Bonchev–Trinajstić information content (AvgIpc) is 2.50. The van der Waals surface area contributed by atoms with E-state index in [1.54, 1.807) is 0 Å². The van der Waals surface area contributed by atoms with Gasteiger partial charge in [-0.05, 0) is 76.3 Å².